The number of ether oxygens (including phenoxy) is 1. The van der Waals surface area contributed by atoms with Gasteiger partial charge in [0.2, 0.25) is 0 Å². The number of hydrogen-bond donors (Lipinski definition) is 0. The summed E-state index contributed by atoms with van der Waals surface area (Å²) in [6, 6.07) is 21.8. The third kappa shape index (κ3) is 4.79. The zero-order chi connectivity index (χ0) is 21.8. The predicted octanol–water partition coefficient (Wildman–Crippen LogP) is 5.64. The highest BCUT2D eigenvalue weighted by molar-refractivity contribution is 7.16. The number of nitrogens with zero attached hydrogens (tertiary/aromatic N) is 2. The Bertz CT molecular complexity index is 1270. The van der Waals surface area contributed by atoms with Crippen molar-refractivity contribution in [2.75, 3.05) is 13.7 Å². The highest BCUT2D eigenvalue weighted by Gasteiger charge is 2.13. The van der Waals surface area contributed by atoms with Crippen molar-refractivity contribution < 1.29 is 9.53 Å². The summed E-state index contributed by atoms with van der Waals surface area (Å²) in [5.41, 5.74) is 4.95. The van der Waals surface area contributed by atoms with Crippen molar-refractivity contribution in [1.29, 1.82) is 0 Å². The summed E-state index contributed by atoms with van der Waals surface area (Å²) >= 11 is 7.83. The third-order valence-corrected chi connectivity index (χ3v) is 6.65. The number of aromatic nitrogens is 1. The number of carbonyl (C=O) groups excluding carboxylic acids is 1. The molecule has 1 amide bonds. The standard InChI is InChI=1S/C25H23ClN2O2S/c1-17-21(26)12-13-22-23(17)28(14-15-30-2)25(31-22)27-24(29)20-10-8-19(9-11-20)16-18-6-4-3-5-7-18/h3-13H,14-16H2,1-2H3. The molecule has 0 aliphatic heterocycles. The molecule has 0 fully saturated rings. The van der Waals surface area contributed by atoms with Crippen molar-refractivity contribution in [3.63, 3.8) is 0 Å². The maximum Gasteiger partial charge on any atom is 0.279 e. The van der Waals surface area contributed by atoms with E-state index < -0.39 is 0 Å². The summed E-state index contributed by atoms with van der Waals surface area (Å²) in [6.07, 6.45) is 0.833. The molecule has 0 aliphatic rings. The van der Waals surface area contributed by atoms with Gasteiger partial charge in [-0.2, -0.15) is 4.99 Å². The molecule has 4 aromatic rings. The lowest BCUT2D eigenvalue weighted by molar-refractivity contribution is 0.0997. The Kier molecular flexibility index (Phi) is 6.66. The first-order valence-electron chi connectivity index (χ1n) is 10.1. The van der Waals surface area contributed by atoms with Crippen LogP contribution in [0.25, 0.3) is 10.2 Å². The highest BCUT2D eigenvalue weighted by Crippen LogP contribution is 2.27. The fraction of sp³-hybridized carbons (Fsp3) is 0.200. The van der Waals surface area contributed by atoms with Crippen molar-refractivity contribution in [3.8, 4) is 0 Å². The highest BCUT2D eigenvalue weighted by atomic mass is 35.5. The van der Waals surface area contributed by atoms with E-state index in [1.165, 1.54) is 16.9 Å². The normalized spacial score (nSPS) is 11.9. The molecule has 31 heavy (non-hydrogen) atoms. The minimum atomic E-state index is -0.257. The number of hydrogen-bond acceptors (Lipinski definition) is 3. The summed E-state index contributed by atoms with van der Waals surface area (Å²) in [5.74, 6) is -0.257. The lowest BCUT2D eigenvalue weighted by Gasteiger charge is -2.07. The topological polar surface area (TPSA) is 43.6 Å². The summed E-state index contributed by atoms with van der Waals surface area (Å²) in [6.45, 7) is 3.10. The minimum Gasteiger partial charge on any atom is -0.383 e. The SMILES string of the molecule is COCCn1c(=NC(=O)c2ccc(Cc3ccccc3)cc2)sc2ccc(Cl)c(C)c21. The minimum absolute atomic E-state index is 0.257. The van der Waals surface area contributed by atoms with Gasteiger partial charge in [-0.3, -0.25) is 4.79 Å². The van der Waals surface area contributed by atoms with Gasteiger partial charge in [-0.25, -0.2) is 0 Å². The van der Waals surface area contributed by atoms with Gasteiger partial charge >= 0.3 is 0 Å². The van der Waals surface area contributed by atoms with Crippen LogP contribution in [-0.4, -0.2) is 24.2 Å². The Morgan fingerprint density at radius 3 is 2.45 bits per heavy atom. The summed E-state index contributed by atoms with van der Waals surface area (Å²) in [4.78, 5) is 18.0. The number of aryl methyl sites for hydroxylation is 1. The van der Waals surface area contributed by atoms with Gasteiger partial charge in [0.05, 0.1) is 16.8 Å². The molecule has 0 saturated carbocycles. The molecule has 0 atom stereocenters. The monoisotopic (exact) mass is 450 g/mol. The van der Waals surface area contributed by atoms with Crippen molar-refractivity contribution in [3.05, 3.63) is 98.8 Å². The van der Waals surface area contributed by atoms with Crippen LogP contribution in [0.15, 0.2) is 71.7 Å². The Morgan fingerprint density at radius 2 is 1.74 bits per heavy atom. The van der Waals surface area contributed by atoms with E-state index in [0.717, 1.165) is 27.8 Å². The predicted molar refractivity (Wildman–Crippen MR) is 127 cm³/mol. The number of fused-ring (bicyclic) bond motifs is 1. The molecular formula is C25H23ClN2O2S. The Labute approximate surface area is 190 Å². The maximum atomic E-state index is 12.9. The Balaban J connectivity index is 1.66. The second kappa shape index (κ2) is 9.60. The van der Waals surface area contributed by atoms with Crippen molar-refractivity contribution >= 4 is 39.1 Å². The van der Waals surface area contributed by atoms with Gasteiger partial charge in [0.25, 0.3) is 5.91 Å². The zero-order valence-corrected chi connectivity index (χ0v) is 19.0. The van der Waals surface area contributed by atoms with E-state index in [9.17, 15) is 4.79 Å². The molecule has 3 aromatic carbocycles. The molecule has 6 heteroatoms. The lowest BCUT2D eigenvalue weighted by Crippen LogP contribution is -2.19. The van der Waals surface area contributed by atoms with Gasteiger partial charge < -0.3 is 9.30 Å². The first kappa shape index (κ1) is 21.5. The van der Waals surface area contributed by atoms with Crippen LogP contribution in [-0.2, 0) is 17.7 Å². The molecule has 0 radical (unpaired) electrons. The molecular weight excluding hydrogens is 428 g/mol. The second-order valence-corrected chi connectivity index (χ2v) is 8.74. The van der Waals surface area contributed by atoms with Crippen LogP contribution in [0.1, 0.15) is 27.0 Å². The number of rotatable bonds is 6. The molecule has 0 N–H and O–H groups in total. The average molecular weight is 451 g/mol. The van der Waals surface area contributed by atoms with Gasteiger partial charge in [0.1, 0.15) is 0 Å². The smallest absolute Gasteiger partial charge is 0.279 e. The van der Waals surface area contributed by atoms with Gasteiger partial charge in [0, 0.05) is 24.2 Å². The summed E-state index contributed by atoms with van der Waals surface area (Å²) < 4.78 is 8.33. The van der Waals surface area contributed by atoms with Gasteiger partial charge in [-0.15, -0.1) is 0 Å². The van der Waals surface area contributed by atoms with Crippen LogP contribution in [0.3, 0.4) is 0 Å². The van der Waals surface area contributed by atoms with Gasteiger partial charge in [0.15, 0.2) is 4.80 Å². The first-order valence-corrected chi connectivity index (χ1v) is 11.3. The number of amides is 1. The first-order chi connectivity index (χ1) is 15.1. The molecule has 0 saturated heterocycles. The molecule has 0 unspecified atom stereocenters. The van der Waals surface area contributed by atoms with Crippen LogP contribution in [0.5, 0.6) is 0 Å². The van der Waals surface area contributed by atoms with Crippen molar-refractivity contribution in [1.82, 2.24) is 4.57 Å². The number of benzene rings is 3. The summed E-state index contributed by atoms with van der Waals surface area (Å²) in [5, 5.41) is 0.698. The zero-order valence-electron chi connectivity index (χ0n) is 17.5. The average Bonchev–Trinajstić information content (AvgIpc) is 3.13. The van der Waals surface area contributed by atoms with Crippen molar-refractivity contribution in [2.45, 2.75) is 19.9 Å². The fourth-order valence-electron chi connectivity index (χ4n) is 3.54. The maximum absolute atomic E-state index is 12.9. The molecule has 4 rings (SSSR count). The Hall–Kier alpha value is -2.73. The molecule has 4 nitrogen and oxygen atoms in total. The van der Waals surface area contributed by atoms with Crippen LogP contribution in [0.2, 0.25) is 5.02 Å². The van der Waals surface area contributed by atoms with E-state index in [1.54, 1.807) is 7.11 Å². The van der Waals surface area contributed by atoms with Gasteiger partial charge in [-0.1, -0.05) is 65.4 Å². The largest absolute Gasteiger partial charge is 0.383 e. The Morgan fingerprint density at radius 1 is 1.03 bits per heavy atom. The van der Waals surface area contributed by atoms with Crippen molar-refractivity contribution in [2.24, 2.45) is 4.99 Å². The van der Waals surface area contributed by atoms with Crippen LogP contribution < -0.4 is 4.80 Å². The molecule has 1 heterocycles. The van der Waals surface area contributed by atoms with Crippen LogP contribution in [0.4, 0.5) is 0 Å². The lowest BCUT2D eigenvalue weighted by atomic mass is 10.0. The molecule has 0 spiro atoms. The van der Waals surface area contributed by atoms with Gasteiger partial charge in [-0.05, 0) is 54.3 Å². The summed E-state index contributed by atoms with van der Waals surface area (Å²) in [7, 11) is 1.66. The van der Waals surface area contributed by atoms with E-state index in [0.29, 0.717) is 28.5 Å². The molecule has 0 bridgehead atoms. The molecule has 1 aromatic heterocycles. The molecule has 0 aliphatic carbocycles. The number of halogens is 1. The number of thiazole rings is 1. The van der Waals surface area contributed by atoms with Crippen LogP contribution in [0, 0.1) is 6.92 Å². The van der Waals surface area contributed by atoms with E-state index in [1.807, 2.05) is 66.1 Å². The number of carbonyl (C=O) groups is 1. The molecule has 158 valence electrons. The second-order valence-electron chi connectivity index (χ2n) is 7.32. The quantitative estimate of drug-likeness (QED) is 0.381. The number of methoxy groups -OCH3 is 1. The third-order valence-electron chi connectivity index (χ3n) is 5.20. The van der Waals surface area contributed by atoms with E-state index in [4.69, 9.17) is 16.3 Å². The van der Waals surface area contributed by atoms with Crippen LogP contribution >= 0.6 is 22.9 Å². The van der Waals surface area contributed by atoms with E-state index in [2.05, 4.69) is 17.1 Å². The van der Waals surface area contributed by atoms with E-state index in [-0.39, 0.29) is 5.91 Å². The fourth-order valence-corrected chi connectivity index (χ4v) is 4.81. The van der Waals surface area contributed by atoms with E-state index >= 15 is 0 Å².